The minimum Gasteiger partial charge on any atom is -0.478 e. The van der Waals surface area contributed by atoms with Crippen molar-refractivity contribution in [3.05, 3.63) is 0 Å². The first kappa shape index (κ1) is 12.2. The predicted molar refractivity (Wildman–Crippen MR) is 60.8 cm³/mol. The van der Waals surface area contributed by atoms with Crippen molar-refractivity contribution in [2.24, 2.45) is 0 Å². The first-order valence-corrected chi connectivity index (χ1v) is 5.84. The number of hydrogen-bond acceptors (Lipinski definition) is 6. The molecule has 0 bridgehead atoms. The van der Waals surface area contributed by atoms with Crippen molar-refractivity contribution >= 4 is 17.5 Å². The van der Waals surface area contributed by atoms with Crippen LogP contribution < -0.4 is 9.64 Å². The maximum absolute atomic E-state index is 5.24. The van der Waals surface area contributed by atoms with E-state index in [9.17, 15) is 0 Å². The van der Waals surface area contributed by atoms with Crippen LogP contribution in [-0.2, 0) is 4.74 Å². The van der Waals surface area contributed by atoms with Gasteiger partial charge in [-0.25, -0.2) is 0 Å². The van der Waals surface area contributed by atoms with Crippen molar-refractivity contribution in [2.75, 3.05) is 38.3 Å². The Bertz CT molecular complexity index is 274. The lowest BCUT2D eigenvalue weighted by Gasteiger charge is -2.26. The predicted octanol–water partition coefficient (Wildman–Crippen LogP) is 1.41. The van der Waals surface area contributed by atoms with E-state index in [4.69, 9.17) is 9.47 Å². The molecule has 0 saturated carbocycles. The van der Waals surface area contributed by atoms with Crippen molar-refractivity contribution < 1.29 is 9.47 Å². The number of aromatic nitrogens is 2. The second-order valence-electron chi connectivity index (χ2n) is 2.70. The number of rotatable bonds is 2. The Kier molecular flexibility index (Phi) is 5.34. The molecule has 1 saturated heterocycles. The van der Waals surface area contributed by atoms with Crippen LogP contribution in [0.3, 0.4) is 0 Å². The minimum atomic E-state index is 0.618. The van der Waals surface area contributed by atoms with Crippen LogP contribution in [0.4, 0.5) is 5.82 Å². The molecule has 0 atom stereocenters. The van der Waals surface area contributed by atoms with Crippen LogP contribution in [0.2, 0.25) is 0 Å². The molecule has 0 amide bonds. The minimum absolute atomic E-state index is 0.618. The maximum atomic E-state index is 5.24. The summed E-state index contributed by atoms with van der Waals surface area (Å²) < 4.78 is 18.6. The van der Waals surface area contributed by atoms with Crippen LogP contribution in [0.1, 0.15) is 13.8 Å². The topological polar surface area (TPSA) is 47.5 Å². The summed E-state index contributed by atoms with van der Waals surface area (Å²) in [5.74, 6) is 1.46. The molecular formula is C9H17N3O2S. The molecule has 0 aromatic carbocycles. The lowest BCUT2D eigenvalue weighted by molar-refractivity contribution is 0.122. The summed E-state index contributed by atoms with van der Waals surface area (Å²) in [7, 11) is 1.61. The van der Waals surface area contributed by atoms with Crippen LogP contribution in [0.5, 0.6) is 5.88 Å². The van der Waals surface area contributed by atoms with Gasteiger partial charge in [0.05, 0.1) is 32.1 Å². The van der Waals surface area contributed by atoms with E-state index in [1.54, 1.807) is 7.11 Å². The summed E-state index contributed by atoms with van der Waals surface area (Å²) in [5, 5.41) is 0. The van der Waals surface area contributed by atoms with E-state index < -0.39 is 0 Å². The van der Waals surface area contributed by atoms with E-state index in [0.717, 1.165) is 32.1 Å². The molecule has 5 nitrogen and oxygen atoms in total. The number of nitrogens with zero attached hydrogens (tertiary/aromatic N) is 3. The summed E-state index contributed by atoms with van der Waals surface area (Å²) in [6.45, 7) is 7.23. The molecule has 0 aliphatic carbocycles. The highest BCUT2D eigenvalue weighted by Crippen LogP contribution is 2.25. The normalized spacial score (nSPS) is 15.5. The second-order valence-corrected chi connectivity index (χ2v) is 3.22. The molecule has 0 spiro atoms. The SMILES string of the molecule is CC.COc1nsnc1N1CCOCC1. The van der Waals surface area contributed by atoms with Gasteiger partial charge in [-0.3, -0.25) is 0 Å². The van der Waals surface area contributed by atoms with Gasteiger partial charge >= 0.3 is 0 Å². The van der Waals surface area contributed by atoms with Gasteiger partial charge in [0.1, 0.15) is 0 Å². The quantitative estimate of drug-likeness (QED) is 0.770. The van der Waals surface area contributed by atoms with Crippen molar-refractivity contribution in [3.8, 4) is 5.88 Å². The lowest BCUT2D eigenvalue weighted by atomic mass is 10.4. The Morgan fingerprint density at radius 3 is 2.53 bits per heavy atom. The number of morpholine rings is 1. The molecule has 86 valence electrons. The summed E-state index contributed by atoms with van der Waals surface area (Å²) in [6, 6.07) is 0. The summed E-state index contributed by atoms with van der Waals surface area (Å²) in [6.07, 6.45) is 0. The van der Waals surface area contributed by atoms with Gasteiger partial charge in [-0.2, -0.15) is 4.37 Å². The third-order valence-corrected chi connectivity index (χ3v) is 2.45. The lowest BCUT2D eigenvalue weighted by Crippen LogP contribution is -2.36. The molecule has 2 heterocycles. The van der Waals surface area contributed by atoms with Gasteiger partial charge in [-0.1, -0.05) is 13.8 Å². The van der Waals surface area contributed by atoms with Crippen LogP contribution in [0.25, 0.3) is 0 Å². The van der Waals surface area contributed by atoms with Crippen molar-refractivity contribution in [3.63, 3.8) is 0 Å². The molecule has 0 radical (unpaired) electrons. The Morgan fingerprint density at radius 1 is 1.27 bits per heavy atom. The standard InChI is InChI=1S/C7H11N3O2S.C2H6/c1-11-7-6(8-13-9-7)10-2-4-12-5-3-10;1-2/h2-5H2,1H3;1-2H3. The number of anilines is 1. The van der Waals surface area contributed by atoms with Crippen LogP contribution in [0, 0.1) is 0 Å². The molecule has 2 rings (SSSR count). The highest BCUT2D eigenvalue weighted by molar-refractivity contribution is 6.99. The number of ether oxygens (including phenoxy) is 2. The van der Waals surface area contributed by atoms with Crippen LogP contribution in [0.15, 0.2) is 0 Å². The van der Waals surface area contributed by atoms with Crippen LogP contribution >= 0.6 is 11.7 Å². The van der Waals surface area contributed by atoms with Crippen LogP contribution in [-0.4, -0.2) is 42.2 Å². The molecule has 1 aliphatic heterocycles. The third-order valence-electron chi connectivity index (χ3n) is 1.95. The van der Waals surface area contributed by atoms with Gasteiger partial charge < -0.3 is 14.4 Å². The zero-order valence-electron chi connectivity index (χ0n) is 9.39. The summed E-state index contributed by atoms with van der Waals surface area (Å²) >= 11 is 1.18. The first-order valence-electron chi connectivity index (χ1n) is 5.11. The van der Waals surface area contributed by atoms with Gasteiger partial charge in [-0.15, -0.1) is 4.37 Å². The molecule has 6 heteroatoms. The van der Waals surface area contributed by atoms with Gasteiger partial charge in [0.2, 0.25) is 5.82 Å². The van der Waals surface area contributed by atoms with E-state index in [2.05, 4.69) is 13.6 Å². The van der Waals surface area contributed by atoms with E-state index in [-0.39, 0.29) is 0 Å². The number of hydrogen-bond donors (Lipinski definition) is 0. The zero-order chi connectivity index (χ0) is 11.1. The first-order chi connectivity index (χ1) is 7.42. The Labute approximate surface area is 94.3 Å². The summed E-state index contributed by atoms with van der Waals surface area (Å²) in [4.78, 5) is 2.13. The fourth-order valence-electron chi connectivity index (χ4n) is 1.27. The third kappa shape index (κ3) is 3.04. The smallest absolute Gasteiger partial charge is 0.270 e. The Morgan fingerprint density at radius 2 is 1.93 bits per heavy atom. The largest absolute Gasteiger partial charge is 0.478 e. The second kappa shape index (κ2) is 6.58. The molecule has 1 aromatic heterocycles. The Hall–Kier alpha value is -0.880. The average Bonchev–Trinajstić information content (AvgIpc) is 2.81. The highest BCUT2D eigenvalue weighted by atomic mass is 32.1. The molecular weight excluding hydrogens is 214 g/mol. The Balaban J connectivity index is 0.000000531. The maximum Gasteiger partial charge on any atom is 0.270 e. The zero-order valence-corrected chi connectivity index (χ0v) is 10.2. The van der Waals surface area contributed by atoms with E-state index in [1.807, 2.05) is 13.8 Å². The fourth-order valence-corrected chi connectivity index (χ4v) is 1.81. The monoisotopic (exact) mass is 231 g/mol. The fraction of sp³-hybridized carbons (Fsp3) is 0.778. The molecule has 15 heavy (non-hydrogen) atoms. The van der Waals surface area contributed by atoms with Gasteiger partial charge in [0.25, 0.3) is 5.88 Å². The van der Waals surface area contributed by atoms with Crippen molar-refractivity contribution in [2.45, 2.75) is 13.8 Å². The van der Waals surface area contributed by atoms with E-state index >= 15 is 0 Å². The van der Waals surface area contributed by atoms with Gasteiger partial charge in [-0.05, 0) is 0 Å². The molecule has 1 fully saturated rings. The highest BCUT2D eigenvalue weighted by Gasteiger charge is 2.18. The summed E-state index contributed by atoms with van der Waals surface area (Å²) in [5.41, 5.74) is 0. The van der Waals surface area contributed by atoms with Gasteiger partial charge in [0, 0.05) is 13.1 Å². The van der Waals surface area contributed by atoms with Crippen molar-refractivity contribution in [1.29, 1.82) is 0 Å². The molecule has 0 unspecified atom stereocenters. The average molecular weight is 231 g/mol. The van der Waals surface area contributed by atoms with E-state index in [1.165, 1.54) is 11.7 Å². The number of methoxy groups -OCH3 is 1. The molecule has 1 aromatic rings. The van der Waals surface area contributed by atoms with Crippen molar-refractivity contribution in [1.82, 2.24) is 8.75 Å². The molecule has 0 N–H and O–H groups in total. The van der Waals surface area contributed by atoms with E-state index in [0.29, 0.717) is 5.88 Å². The molecule has 1 aliphatic rings. The van der Waals surface area contributed by atoms with Gasteiger partial charge in [0.15, 0.2) is 0 Å².